The van der Waals surface area contributed by atoms with E-state index in [0.29, 0.717) is 6.61 Å². The van der Waals surface area contributed by atoms with E-state index >= 15 is 0 Å². The van der Waals surface area contributed by atoms with Crippen LogP contribution in [0, 0.1) is 0 Å². The van der Waals surface area contributed by atoms with E-state index in [1.54, 1.807) is 6.20 Å². The van der Waals surface area contributed by atoms with Crippen LogP contribution in [-0.2, 0) is 11.3 Å². The number of nitrogens with zero attached hydrogens (tertiary/aromatic N) is 2. The van der Waals surface area contributed by atoms with Crippen LogP contribution in [0.4, 0.5) is 0 Å². The molecule has 0 radical (unpaired) electrons. The number of aryl methyl sites for hydroxylation is 1. The average molecular weight is 319 g/mol. The first-order valence-corrected chi connectivity index (χ1v) is 7.14. The van der Waals surface area contributed by atoms with Crippen LogP contribution in [-0.4, -0.2) is 22.0 Å². The van der Waals surface area contributed by atoms with Gasteiger partial charge in [-0.2, -0.15) is 5.10 Å². The molecule has 18 heavy (non-hydrogen) atoms. The smallest absolute Gasteiger partial charge is 0.0926 e. The maximum absolute atomic E-state index is 5.91. The van der Waals surface area contributed by atoms with Gasteiger partial charge < -0.3 is 4.74 Å². The van der Waals surface area contributed by atoms with Crippen LogP contribution in [0.15, 0.2) is 10.7 Å². The number of hydrogen-bond donors (Lipinski definition) is 2. The highest BCUT2D eigenvalue weighted by molar-refractivity contribution is 9.10. The number of nitrogens with one attached hydrogen (secondary N) is 1. The van der Waals surface area contributed by atoms with Crippen molar-refractivity contribution in [2.24, 2.45) is 5.84 Å². The van der Waals surface area contributed by atoms with Gasteiger partial charge in [0.1, 0.15) is 0 Å². The van der Waals surface area contributed by atoms with Crippen molar-refractivity contribution < 1.29 is 4.74 Å². The molecule has 0 saturated heterocycles. The molecular formula is C12H23BrN4O. The van der Waals surface area contributed by atoms with Crippen molar-refractivity contribution in [3.05, 3.63) is 16.4 Å². The van der Waals surface area contributed by atoms with Crippen molar-refractivity contribution in [1.29, 1.82) is 0 Å². The quantitative estimate of drug-likeness (QED) is 0.598. The average Bonchev–Trinajstić information content (AvgIpc) is 2.72. The predicted octanol–water partition coefficient (Wildman–Crippen LogP) is 2.38. The molecule has 1 rings (SSSR count). The number of rotatable bonds is 7. The standard InChI is InChI=1S/C12H23BrN4O/c1-5-12(4,18-7-3)11(16-14)10-9(13)8-15-17(10)6-2/h8,11,16H,5-7,14H2,1-4H3. The fourth-order valence-electron chi connectivity index (χ4n) is 2.17. The van der Waals surface area contributed by atoms with Gasteiger partial charge in [-0.05, 0) is 43.1 Å². The normalized spacial score (nSPS) is 16.6. The molecule has 1 aromatic rings. The zero-order chi connectivity index (χ0) is 13.8. The second-order valence-corrected chi connectivity index (χ2v) is 5.25. The summed E-state index contributed by atoms with van der Waals surface area (Å²) in [5, 5.41) is 4.33. The lowest BCUT2D eigenvalue weighted by Crippen LogP contribution is -2.47. The van der Waals surface area contributed by atoms with Crippen molar-refractivity contribution in [2.45, 2.75) is 52.3 Å². The lowest BCUT2D eigenvalue weighted by molar-refractivity contribution is -0.0584. The summed E-state index contributed by atoms with van der Waals surface area (Å²) in [7, 11) is 0. The molecule has 0 aliphatic heterocycles. The van der Waals surface area contributed by atoms with Crippen LogP contribution in [0.1, 0.15) is 45.9 Å². The summed E-state index contributed by atoms with van der Waals surface area (Å²) in [5.41, 5.74) is 3.54. The van der Waals surface area contributed by atoms with Crippen molar-refractivity contribution >= 4 is 15.9 Å². The Bertz CT molecular complexity index is 382. The summed E-state index contributed by atoms with van der Waals surface area (Å²) in [4.78, 5) is 0. The number of ether oxygens (including phenoxy) is 1. The Balaban J connectivity index is 3.18. The van der Waals surface area contributed by atoms with E-state index in [0.717, 1.165) is 23.1 Å². The van der Waals surface area contributed by atoms with Crippen molar-refractivity contribution in [3.8, 4) is 0 Å². The summed E-state index contributed by atoms with van der Waals surface area (Å²) in [5.74, 6) is 5.76. The fourth-order valence-corrected chi connectivity index (χ4v) is 2.70. The van der Waals surface area contributed by atoms with E-state index in [2.05, 4.69) is 47.2 Å². The lowest BCUT2D eigenvalue weighted by atomic mass is 9.91. The maximum atomic E-state index is 5.91. The minimum atomic E-state index is -0.362. The molecule has 0 amide bonds. The molecule has 5 nitrogen and oxygen atoms in total. The van der Waals surface area contributed by atoms with Gasteiger partial charge in [-0.1, -0.05) is 6.92 Å². The molecule has 104 valence electrons. The van der Waals surface area contributed by atoms with Crippen LogP contribution in [0.2, 0.25) is 0 Å². The van der Waals surface area contributed by atoms with E-state index in [1.165, 1.54) is 0 Å². The Labute approximate surface area is 117 Å². The first-order chi connectivity index (χ1) is 8.53. The highest BCUT2D eigenvalue weighted by atomic mass is 79.9. The Morgan fingerprint density at radius 2 is 2.22 bits per heavy atom. The van der Waals surface area contributed by atoms with E-state index < -0.39 is 0 Å². The zero-order valence-electron chi connectivity index (χ0n) is 11.5. The van der Waals surface area contributed by atoms with Crippen molar-refractivity contribution in [1.82, 2.24) is 15.2 Å². The third-order valence-electron chi connectivity index (χ3n) is 3.36. The Morgan fingerprint density at radius 3 is 2.67 bits per heavy atom. The van der Waals surface area contributed by atoms with Gasteiger partial charge >= 0.3 is 0 Å². The summed E-state index contributed by atoms with van der Waals surface area (Å²) in [6.07, 6.45) is 2.66. The predicted molar refractivity (Wildman–Crippen MR) is 76.0 cm³/mol. The molecule has 0 aliphatic carbocycles. The van der Waals surface area contributed by atoms with Gasteiger partial charge in [0.15, 0.2) is 0 Å². The topological polar surface area (TPSA) is 65.1 Å². The number of aromatic nitrogens is 2. The van der Waals surface area contributed by atoms with Crippen LogP contribution in [0.5, 0.6) is 0 Å². The molecule has 0 spiro atoms. The zero-order valence-corrected chi connectivity index (χ0v) is 13.1. The van der Waals surface area contributed by atoms with Gasteiger partial charge in [-0.15, -0.1) is 0 Å². The molecule has 0 aromatic carbocycles. The molecule has 1 heterocycles. The maximum Gasteiger partial charge on any atom is 0.0926 e. The molecule has 2 unspecified atom stereocenters. The fraction of sp³-hybridized carbons (Fsp3) is 0.750. The number of hydrazine groups is 1. The Kier molecular flexibility index (Phi) is 5.78. The van der Waals surface area contributed by atoms with Gasteiger partial charge in [0.05, 0.1) is 28.0 Å². The molecule has 3 N–H and O–H groups in total. The third kappa shape index (κ3) is 2.93. The summed E-state index contributed by atoms with van der Waals surface area (Å²) < 4.78 is 8.79. The van der Waals surface area contributed by atoms with Crippen molar-refractivity contribution in [2.75, 3.05) is 6.61 Å². The minimum absolute atomic E-state index is 0.112. The molecule has 6 heteroatoms. The molecule has 0 bridgehead atoms. The summed E-state index contributed by atoms with van der Waals surface area (Å²) in [6, 6.07) is -0.112. The van der Waals surface area contributed by atoms with Gasteiger partial charge in [0, 0.05) is 13.2 Å². The van der Waals surface area contributed by atoms with Gasteiger partial charge in [0.2, 0.25) is 0 Å². The monoisotopic (exact) mass is 318 g/mol. The van der Waals surface area contributed by atoms with Crippen LogP contribution >= 0.6 is 15.9 Å². The summed E-state index contributed by atoms with van der Waals surface area (Å²) in [6.45, 7) is 9.67. The molecule has 0 saturated carbocycles. The van der Waals surface area contributed by atoms with Crippen LogP contribution < -0.4 is 11.3 Å². The molecule has 0 aliphatic rings. The van der Waals surface area contributed by atoms with Crippen molar-refractivity contribution in [3.63, 3.8) is 0 Å². The first-order valence-electron chi connectivity index (χ1n) is 6.35. The lowest BCUT2D eigenvalue weighted by Gasteiger charge is -2.36. The van der Waals surface area contributed by atoms with E-state index in [-0.39, 0.29) is 11.6 Å². The van der Waals surface area contributed by atoms with Gasteiger partial charge in [-0.25, -0.2) is 5.43 Å². The van der Waals surface area contributed by atoms with Gasteiger partial charge in [-0.3, -0.25) is 10.5 Å². The number of hydrogen-bond acceptors (Lipinski definition) is 4. The van der Waals surface area contributed by atoms with Gasteiger partial charge in [0.25, 0.3) is 0 Å². The number of nitrogens with two attached hydrogens (primary N) is 1. The molecule has 2 atom stereocenters. The molecular weight excluding hydrogens is 296 g/mol. The highest BCUT2D eigenvalue weighted by Gasteiger charge is 2.37. The van der Waals surface area contributed by atoms with E-state index in [4.69, 9.17) is 10.6 Å². The van der Waals surface area contributed by atoms with E-state index in [9.17, 15) is 0 Å². The first kappa shape index (κ1) is 15.6. The Morgan fingerprint density at radius 1 is 1.56 bits per heavy atom. The number of halogens is 1. The van der Waals surface area contributed by atoms with Crippen LogP contribution in [0.3, 0.4) is 0 Å². The second kappa shape index (κ2) is 6.65. The Hall–Kier alpha value is -0.430. The third-order valence-corrected chi connectivity index (χ3v) is 3.97. The molecule has 1 aromatic heterocycles. The minimum Gasteiger partial charge on any atom is -0.373 e. The SMILES string of the molecule is CCOC(C)(CC)C(NN)c1c(Br)cnn1CC. The summed E-state index contributed by atoms with van der Waals surface area (Å²) >= 11 is 3.54. The molecule has 0 fully saturated rings. The van der Waals surface area contributed by atoms with E-state index in [1.807, 2.05) is 11.6 Å². The second-order valence-electron chi connectivity index (χ2n) is 4.39. The largest absolute Gasteiger partial charge is 0.373 e. The highest BCUT2D eigenvalue weighted by Crippen LogP contribution is 2.35. The van der Waals surface area contributed by atoms with Crippen LogP contribution in [0.25, 0.3) is 0 Å².